The SMILES string of the molecule is Cc1ccc(-n2[nH]c(C(=O)N3CCCC3CN)cc2=O)cc1. The highest BCUT2D eigenvalue weighted by Crippen LogP contribution is 2.18. The number of aryl methyl sites for hydroxylation is 1. The van der Waals surface area contributed by atoms with E-state index in [1.165, 1.54) is 10.7 Å². The molecule has 0 spiro atoms. The summed E-state index contributed by atoms with van der Waals surface area (Å²) in [4.78, 5) is 26.4. The number of aromatic amines is 1. The standard InChI is InChI=1S/C16H20N4O2/c1-11-4-6-12(7-5-11)20-15(21)9-14(18-20)16(22)19-8-2-3-13(19)10-17/h4-7,9,13,18H,2-3,8,10,17H2,1H3. The van der Waals surface area contributed by atoms with E-state index in [4.69, 9.17) is 5.73 Å². The van der Waals surface area contributed by atoms with Gasteiger partial charge in [0, 0.05) is 25.2 Å². The highest BCUT2D eigenvalue weighted by atomic mass is 16.2. The van der Waals surface area contributed by atoms with Crippen LogP contribution in [0.3, 0.4) is 0 Å². The zero-order valence-electron chi connectivity index (χ0n) is 12.6. The van der Waals surface area contributed by atoms with Crippen molar-refractivity contribution in [2.24, 2.45) is 5.73 Å². The van der Waals surface area contributed by atoms with E-state index < -0.39 is 0 Å². The van der Waals surface area contributed by atoms with Crippen LogP contribution in [0.1, 0.15) is 28.9 Å². The number of likely N-dealkylation sites (tertiary alicyclic amines) is 1. The molecule has 3 rings (SSSR count). The Balaban J connectivity index is 1.90. The third-order valence-corrected chi connectivity index (χ3v) is 4.15. The summed E-state index contributed by atoms with van der Waals surface area (Å²) in [5, 5.41) is 2.91. The molecule has 1 unspecified atom stereocenters. The van der Waals surface area contributed by atoms with Crippen molar-refractivity contribution in [3.63, 3.8) is 0 Å². The summed E-state index contributed by atoms with van der Waals surface area (Å²) in [6.45, 7) is 3.13. The number of nitrogens with one attached hydrogen (secondary N) is 1. The van der Waals surface area contributed by atoms with Gasteiger partial charge in [-0.3, -0.25) is 14.7 Å². The second-order valence-electron chi connectivity index (χ2n) is 5.71. The largest absolute Gasteiger partial charge is 0.333 e. The molecule has 1 atom stereocenters. The molecule has 1 fully saturated rings. The van der Waals surface area contributed by atoms with Gasteiger partial charge in [-0.25, -0.2) is 4.68 Å². The predicted molar refractivity (Wildman–Crippen MR) is 84.2 cm³/mol. The Kier molecular flexibility index (Phi) is 3.85. The van der Waals surface area contributed by atoms with Gasteiger partial charge in [0.1, 0.15) is 5.69 Å². The van der Waals surface area contributed by atoms with Crippen LogP contribution in [0.5, 0.6) is 0 Å². The van der Waals surface area contributed by atoms with E-state index in [1.54, 1.807) is 4.90 Å². The van der Waals surface area contributed by atoms with Gasteiger partial charge >= 0.3 is 0 Å². The quantitative estimate of drug-likeness (QED) is 0.888. The molecule has 3 N–H and O–H groups in total. The first-order valence-electron chi connectivity index (χ1n) is 7.50. The van der Waals surface area contributed by atoms with Crippen LogP contribution in [-0.2, 0) is 0 Å². The molecule has 0 radical (unpaired) electrons. The second-order valence-corrected chi connectivity index (χ2v) is 5.71. The number of benzene rings is 1. The maximum absolute atomic E-state index is 12.6. The van der Waals surface area contributed by atoms with Crippen molar-refractivity contribution >= 4 is 5.91 Å². The Bertz CT molecular complexity index is 729. The van der Waals surface area contributed by atoms with Gasteiger partial charge in [-0.2, -0.15) is 0 Å². The lowest BCUT2D eigenvalue weighted by molar-refractivity contribution is 0.0734. The molecule has 1 aromatic carbocycles. The van der Waals surface area contributed by atoms with Gasteiger partial charge in [0.15, 0.2) is 0 Å². The van der Waals surface area contributed by atoms with E-state index in [1.807, 2.05) is 31.2 Å². The lowest BCUT2D eigenvalue weighted by atomic mass is 10.2. The number of nitrogens with two attached hydrogens (primary N) is 1. The minimum atomic E-state index is -0.240. The molecule has 2 aromatic rings. The number of hydrogen-bond donors (Lipinski definition) is 2. The summed E-state index contributed by atoms with van der Waals surface area (Å²) in [6, 6.07) is 8.97. The lowest BCUT2D eigenvalue weighted by Crippen LogP contribution is -2.40. The zero-order chi connectivity index (χ0) is 15.7. The molecule has 116 valence electrons. The van der Waals surface area contributed by atoms with E-state index in [2.05, 4.69) is 5.10 Å². The topological polar surface area (TPSA) is 84.1 Å². The molecule has 1 aliphatic heterocycles. The summed E-state index contributed by atoms with van der Waals surface area (Å²) in [5.74, 6) is -0.157. The van der Waals surface area contributed by atoms with Crippen LogP contribution in [0.4, 0.5) is 0 Å². The molecule has 1 saturated heterocycles. The van der Waals surface area contributed by atoms with Crippen molar-refractivity contribution in [2.75, 3.05) is 13.1 Å². The molecular weight excluding hydrogens is 280 g/mol. The first-order chi connectivity index (χ1) is 10.6. The number of hydrogen-bond acceptors (Lipinski definition) is 3. The Hall–Kier alpha value is -2.34. The fourth-order valence-electron chi connectivity index (χ4n) is 2.89. The molecule has 1 amide bonds. The van der Waals surface area contributed by atoms with E-state index in [-0.39, 0.29) is 17.5 Å². The normalized spacial score (nSPS) is 17.9. The Morgan fingerprint density at radius 3 is 2.77 bits per heavy atom. The molecule has 6 nitrogen and oxygen atoms in total. The summed E-state index contributed by atoms with van der Waals surface area (Å²) < 4.78 is 1.39. The van der Waals surface area contributed by atoms with Crippen molar-refractivity contribution in [3.8, 4) is 5.69 Å². The Morgan fingerprint density at radius 1 is 1.36 bits per heavy atom. The van der Waals surface area contributed by atoms with Gasteiger partial charge in [-0.05, 0) is 31.9 Å². The summed E-state index contributed by atoms with van der Waals surface area (Å²) in [6.07, 6.45) is 1.88. The van der Waals surface area contributed by atoms with Crippen molar-refractivity contribution < 1.29 is 4.79 Å². The molecule has 1 aromatic heterocycles. The molecule has 2 heterocycles. The molecular formula is C16H20N4O2. The Morgan fingerprint density at radius 2 is 2.09 bits per heavy atom. The van der Waals surface area contributed by atoms with Crippen molar-refractivity contribution in [2.45, 2.75) is 25.8 Å². The van der Waals surface area contributed by atoms with Crippen LogP contribution in [-0.4, -0.2) is 39.7 Å². The number of rotatable bonds is 3. The summed E-state index contributed by atoms with van der Waals surface area (Å²) in [7, 11) is 0. The van der Waals surface area contributed by atoms with Crippen molar-refractivity contribution in [3.05, 3.63) is 51.9 Å². The zero-order valence-corrected chi connectivity index (χ0v) is 12.6. The van der Waals surface area contributed by atoms with Crippen LogP contribution in [0.15, 0.2) is 35.1 Å². The third kappa shape index (κ3) is 2.57. The maximum Gasteiger partial charge on any atom is 0.272 e. The number of H-pyrrole nitrogens is 1. The van der Waals surface area contributed by atoms with Gasteiger partial charge in [-0.1, -0.05) is 17.7 Å². The first kappa shape index (κ1) is 14.6. The number of nitrogens with zero attached hydrogens (tertiary/aromatic N) is 2. The minimum absolute atomic E-state index is 0.0683. The van der Waals surface area contributed by atoms with E-state index in [0.717, 1.165) is 18.4 Å². The number of carbonyl (C=O) groups excluding carboxylic acids is 1. The van der Waals surface area contributed by atoms with Crippen LogP contribution >= 0.6 is 0 Å². The van der Waals surface area contributed by atoms with Gasteiger partial charge in [0.2, 0.25) is 0 Å². The smallest absolute Gasteiger partial charge is 0.272 e. The van der Waals surface area contributed by atoms with Crippen molar-refractivity contribution in [1.82, 2.24) is 14.7 Å². The fraction of sp³-hybridized carbons (Fsp3) is 0.375. The van der Waals surface area contributed by atoms with Gasteiger partial charge in [0.25, 0.3) is 11.5 Å². The monoisotopic (exact) mass is 300 g/mol. The molecule has 0 aliphatic carbocycles. The Labute approximate surface area is 128 Å². The van der Waals surface area contributed by atoms with E-state index in [9.17, 15) is 9.59 Å². The first-order valence-corrected chi connectivity index (χ1v) is 7.50. The minimum Gasteiger partial charge on any atom is -0.333 e. The maximum atomic E-state index is 12.6. The van der Waals surface area contributed by atoms with Crippen LogP contribution in [0.25, 0.3) is 5.69 Å². The molecule has 6 heteroatoms. The second kappa shape index (κ2) is 5.81. The molecule has 0 bridgehead atoms. The van der Waals surface area contributed by atoms with E-state index in [0.29, 0.717) is 24.5 Å². The fourth-order valence-corrected chi connectivity index (χ4v) is 2.89. The van der Waals surface area contributed by atoms with Crippen LogP contribution in [0.2, 0.25) is 0 Å². The highest BCUT2D eigenvalue weighted by Gasteiger charge is 2.29. The summed E-state index contributed by atoms with van der Waals surface area (Å²) >= 11 is 0. The van der Waals surface area contributed by atoms with Gasteiger partial charge in [-0.15, -0.1) is 0 Å². The number of amides is 1. The average molecular weight is 300 g/mol. The molecule has 0 saturated carbocycles. The van der Waals surface area contributed by atoms with E-state index >= 15 is 0 Å². The highest BCUT2D eigenvalue weighted by molar-refractivity contribution is 5.92. The average Bonchev–Trinajstić information content (AvgIpc) is 3.14. The lowest BCUT2D eigenvalue weighted by Gasteiger charge is -2.22. The van der Waals surface area contributed by atoms with Gasteiger partial charge < -0.3 is 10.6 Å². The van der Waals surface area contributed by atoms with Crippen LogP contribution in [0, 0.1) is 6.92 Å². The number of aromatic nitrogens is 2. The van der Waals surface area contributed by atoms with Gasteiger partial charge in [0.05, 0.1) is 5.69 Å². The number of carbonyl (C=O) groups is 1. The predicted octanol–water partition coefficient (Wildman–Crippen LogP) is 1.04. The van der Waals surface area contributed by atoms with Crippen LogP contribution < -0.4 is 11.3 Å². The molecule has 22 heavy (non-hydrogen) atoms. The molecule has 1 aliphatic rings. The van der Waals surface area contributed by atoms with Crippen molar-refractivity contribution in [1.29, 1.82) is 0 Å². The summed E-state index contributed by atoms with van der Waals surface area (Å²) in [5.41, 5.74) is 7.61. The third-order valence-electron chi connectivity index (χ3n) is 4.15.